The fourth-order valence-corrected chi connectivity index (χ4v) is 3.38. The lowest BCUT2D eigenvalue weighted by Crippen LogP contribution is -2.43. The van der Waals surface area contributed by atoms with Crippen LogP contribution in [0, 0.1) is 0 Å². The normalized spacial score (nSPS) is 13.5. The predicted molar refractivity (Wildman–Crippen MR) is 88.2 cm³/mol. The Morgan fingerprint density at radius 1 is 1.50 bits per heavy atom. The van der Waals surface area contributed by atoms with Gasteiger partial charge in [0, 0.05) is 31.5 Å². The van der Waals surface area contributed by atoms with Gasteiger partial charge in [-0.1, -0.05) is 11.3 Å². The third-order valence-electron chi connectivity index (χ3n) is 3.57. The number of carbonyl (C=O) groups is 2. The lowest BCUT2D eigenvalue weighted by atomic mass is 10.2. The number of fused-ring (bicyclic) bond motifs is 1. The Hall–Kier alpha value is -2.39. The third-order valence-corrected chi connectivity index (χ3v) is 4.56. The maximum absolute atomic E-state index is 12.1. The van der Waals surface area contributed by atoms with Crippen molar-refractivity contribution >= 4 is 28.4 Å². The monoisotopic (exact) mass is 350 g/mol. The molecule has 2 aromatic rings. The number of hydrogen-bond donors (Lipinski definition) is 2. The van der Waals surface area contributed by atoms with E-state index in [4.69, 9.17) is 9.15 Å². The van der Waals surface area contributed by atoms with Gasteiger partial charge >= 0.3 is 6.03 Å². The first-order chi connectivity index (χ1) is 11.7. The topological polar surface area (TPSA) is 96.7 Å². The fraction of sp³-hybridized carbons (Fsp3) is 0.400. The lowest BCUT2D eigenvalue weighted by molar-refractivity contribution is 0.0996. The fourth-order valence-electron chi connectivity index (χ4n) is 2.36. The Bertz CT molecular complexity index is 713. The number of methoxy groups -OCH3 is 1. The highest BCUT2D eigenvalue weighted by Crippen LogP contribution is 2.28. The van der Waals surface area contributed by atoms with E-state index >= 15 is 0 Å². The van der Waals surface area contributed by atoms with Crippen molar-refractivity contribution in [2.24, 2.45) is 0 Å². The minimum Gasteiger partial charge on any atom is -0.459 e. The molecule has 0 saturated carbocycles. The van der Waals surface area contributed by atoms with Crippen molar-refractivity contribution in [2.75, 3.05) is 32.1 Å². The van der Waals surface area contributed by atoms with Crippen molar-refractivity contribution in [3.05, 3.63) is 34.7 Å². The van der Waals surface area contributed by atoms with E-state index in [9.17, 15) is 9.59 Å². The Morgan fingerprint density at radius 3 is 3.12 bits per heavy atom. The van der Waals surface area contributed by atoms with Crippen LogP contribution in [0.25, 0.3) is 0 Å². The van der Waals surface area contributed by atoms with E-state index in [-0.39, 0.29) is 17.7 Å². The van der Waals surface area contributed by atoms with Crippen molar-refractivity contribution in [3.8, 4) is 0 Å². The molecule has 3 rings (SSSR count). The van der Waals surface area contributed by atoms with E-state index in [0.29, 0.717) is 37.8 Å². The van der Waals surface area contributed by atoms with Crippen LogP contribution < -0.4 is 10.6 Å². The number of thiazole rings is 1. The molecule has 8 nitrogen and oxygen atoms in total. The molecule has 0 radical (unpaired) electrons. The number of nitrogens with one attached hydrogen (secondary N) is 2. The van der Waals surface area contributed by atoms with Crippen molar-refractivity contribution in [1.29, 1.82) is 0 Å². The zero-order valence-electron chi connectivity index (χ0n) is 13.2. The smallest absolute Gasteiger partial charge is 0.317 e. The molecular formula is C15H18N4O4S. The largest absolute Gasteiger partial charge is 0.459 e. The molecule has 128 valence electrons. The molecule has 2 N–H and O–H groups in total. The van der Waals surface area contributed by atoms with Gasteiger partial charge in [-0.15, -0.1) is 0 Å². The highest BCUT2D eigenvalue weighted by molar-refractivity contribution is 7.15. The first-order valence-corrected chi connectivity index (χ1v) is 8.34. The molecule has 0 spiro atoms. The molecular weight excluding hydrogens is 332 g/mol. The average molecular weight is 350 g/mol. The van der Waals surface area contributed by atoms with Gasteiger partial charge in [0.2, 0.25) is 0 Å². The number of amides is 3. The Kier molecular flexibility index (Phi) is 5.11. The van der Waals surface area contributed by atoms with Crippen molar-refractivity contribution in [1.82, 2.24) is 15.2 Å². The van der Waals surface area contributed by atoms with E-state index in [1.807, 2.05) is 0 Å². The van der Waals surface area contributed by atoms with Gasteiger partial charge in [0.25, 0.3) is 5.91 Å². The van der Waals surface area contributed by atoms with Crippen LogP contribution in [0.2, 0.25) is 0 Å². The van der Waals surface area contributed by atoms with Crippen LogP contribution in [-0.2, 0) is 17.7 Å². The molecule has 24 heavy (non-hydrogen) atoms. The molecule has 2 aromatic heterocycles. The van der Waals surface area contributed by atoms with Crippen LogP contribution in [0.3, 0.4) is 0 Å². The molecule has 0 fully saturated rings. The number of furan rings is 1. The molecule has 0 bridgehead atoms. The number of ether oxygens (including phenoxy) is 1. The summed E-state index contributed by atoms with van der Waals surface area (Å²) in [5.41, 5.74) is 0.927. The Morgan fingerprint density at radius 2 is 2.38 bits per heavy atom. The van der Waals surface area contributed by atoms with Crippen LogP contribution in [0.5, 0.6) is 0 Å². The van der Waals surface area contributed by atoms with Crippen LogP contribution in [0.4, 0.5) is 9.93 Å². The van der Waals surface area contributed by atoms with E-state index in [1.165, 1.54) is 17.6 Å². The van der Waals surface area contributed by atoms with Crippen LogP contribution in [0.15, 0.2) is 22.8 Å². The summed E-state index contributed by atoms with van der Waals surface area (Å²) in [4.78, 5) is 31.2. The second-order valence-electron chi connectivity index (χ2n) is 5.22. The summed E-state index contributed by atoms with van der Waals surface area (Å²) in [7, 11) is 1.59. The number of aromatic nitrogens is 1. The quantitative estimate of drug-likeness (QED) is 0.800. The van der Waals surface area contributed by atoms with E-state index in [1.54, 1.807) is 24.1 Å². The van der Waals surface area contributed by atoms with Crippen LogP contribution in [-0.4, -0.2) is 48.6 Å². The SMILES string of the molecule is COCCNC(=O)N1CCc2nc(NC(=O)c3ccco3)sc2C1. The van der Waals surface area contributed by atoms with Gasteiger partial charge < -0.3 is 19.4 Å². The Labute approximate surface area is 142 Å². The maximum Gasteiger partial charge on any atom is 0.317 e. The van der Waals surface area contributed by atoms with Crippen molar-refractivity contribution in [2.45, 2.75) is 13.0 Å². The molecule has 0 atom stereocenters. The second-order valence-corrected chi connectivity index (χ2v) is 6.30. The summed E-state index contributed by atoms with van der Waals surface area (Å²) in [6.07, 6.45) is 2.11. The average Bonchev–Trinajstić information content (AvgIpc) is 3.23. The van der Waals surface area contributed by atoms with E-state index in [2.05, 4.69) is 15.6 Å². The first kappa shape index (κ1) is 16.5. The highest BCUT2D eigenvalue weighted by atomic mass is 32.1. The summed E-state index contributed by atoms with van der Waals surface area (Å²) >= 11 is 1.38. The van der Waals surface area contributed by atoms with Crippen molar-refractivity contribution < 1.29 is 18.7 Å². The maximum atomic E-state index is 12.1. The number of nitrogens with zero attached hydrogens (tertiary/aromatic N) is 2. The van der Waals surface area contributed by atoms with Crippen LogP contribution in [0.1, 0.15) is 21.1 Å². The molecule has 1 aliphatic heterocycles. The molecule has 0 saturated heterocycles. The van der Waals surface area contributed by atoms with Gasteiger partial charge in [0.15, 0.2) is 10.9 Å². The number of hydrogen-bond acceptors (Lipinski definition) is 6. The van der Waals surface area contributed by atoms with Gasteiger partial charge in [-0.3, -0.25) is 10.1 Å². The molecule has 3 amide bonds. The highest BCUT2D eigenvalue weighted by Gasteiger charge is 2.24. The number of rotatable bonds is 5. The van der Waals surface area contributed by atoms with Crippen LogP contribution >= 0.6 is 11.3 Å². The molecule has 9 heteroatoms. The Balaban J connectivity index is 1.60. The zero-order valence-corrected chi connectivity index (χ0v) is 14.0. The number of urea groups is 1. The molecule has 0 aliphatic carbocycles. The molecule has 1 aliphatic rings. The molecule has 0 aromatic carbocycles. The minimum absolute atomic E-state index is 0.118. The summed E-state index contributed by atoms with van der Waals surface area (Å²) in [6, 6.07) is 3.13. The van der Waals surface area contributed by atoms with Gasteiger partial charge in [-0.05, 0) is 12.1 Å². The standard InChI is InChI=1S/C15H18N4O4S/c1-22-8-5-16-15(21)19-6-4-10-12(9-19)24-14(17-10)18-13(20)11-3-2-7-23-11/h2-3,7H,4-6,8-9H2,1H3,(H,16,21)(H,17,18,20). The van der Waals surface area contributed by atoms with E-state index in [0.717, 1.165) is 10.6 Å². The summed E-state index contributed by atoms with van der Waals surface area (Å²) < 4.78 is 9.98. The number of carbonyl (C=O) groups excluding carboxylic acids is 2. The number of anilines is 1. The molecule has 0 unspecified atom stereocenters. The van der Waals surface area contributed by atoms with E-state index < -0.39 is 0 Å². The first-order valence-electron chi connectivity index (χ1n) is 7.52. The molecule has 3 heterocycles. The van der Waals surface area contributed by atoms with Gasteiger partial charge in [0.05, 0.1) is 25.1 Å². The second kappa shape index (κ2) is 7.45. The van der Waals surface area contributed by atoms with Crippen molar-refractivity contribution in [3.63, 3.8) is 0 Å². The minimum atomic E-state index is -0.333. The van der Waals surface area contributed by atoms with Gasteiger partial charge in [-0.25, -0.2) is 9.78 Å². The summed E-state index contributed by atoms with van der Waals surface area (Å²) in [5.74, 6) is -0.0948. The van der Waals surface area contributed by atoms with Gasteiger partial charge in [0.1, 0.15) is 0 Å². The third kappa shape index (κ3) is 3.74. The summed E-state index contributed by atoms with van der Waals surface area (Å²) in [6.45, 7) is 2.05. The van der Waals surface area contributed by atoms with Gasteiger partial charge in [-0.2, -0.15) is 0 Å². The lowest BCUT2D eigenvalue weighted by Gasteiger charge is -2.26. The zero-order chi connectivity index (χ0) is 16.9. The summed E-state index contributed by atoms with van der Waals surface area (Å²) in [5, 5.41) is 6.05. The predicted octanol–water partition coefficient (Wildman–Crippen LogP) is 1.70.